The first-order valence-electron chi connectivity index (χ1n) is 4.60. The van der Waals surface area contributed by atoms with Crippen LogP contribution in [-0.2, 0) is 9.53 Å². The number of carbonyl (C=O) groups excluding carboxylic acids is 2. The zero-order valence-electron chi connectivity index (χ0n) is 8.70. The van der Waals surface area contributed by atoms with Gasteiger partial charge in [0.15, 0.2) is 0 Å². The normalized spacial score (nSPS) is 9.62. The van der Waals surface area contributed by atoms with Gasteiger partial charge in [0.25, 0.3) is 5.91 Å². The fourth-order valence-electron chi connectivity index (χ4n) is 0.981. The largest absolute Gasteiger partial charge is 0.469 e. The van der Waals surface area contributed by atoms with E-state index in [1.165, 1.54) is 13.2 Å². The molecule has 1 amide bonds. The number of hydrogen-bond donors (Lipinski definition) is 1. The highest BCUT2D eigenvalue weighted by Gasteiger charge is 2.07. The summed E-state index contributed by atoms with van der Waals surface area (Å²) in [6, 6.07) is 2.41. The third-order valence-electron chi connectivity index (χ3n) is 1.80. The third-order valence-corrected chi connectivity index (χ3v) is 1.80. The first-order valence-corrected chi connectivity index (χ1v) is 4.60. The van der Waals surface area contributed by atoms with Gasteiger partial charge >= 0.3 is 5.97 Å². The van der Waals surface area contributed by atoms with Gasteiger partial charge in [-0.15, -0.1) is 0 Å². The molecule has 0 aromatic carbocycles. The van der Waals surface area contributed by atoms with Gasteiger partial charge in [-0.1, -0.05) is 0 Å². The maximum Gasteiger partial charge on any atom is 0.307 e. The van der Waals surface area contributed by atoms with Gasteiger partial charge in [0.05, 0.1) is 19.7 Å². The summed E-state index contributed by atoms with van der Waals surface area (Å²) < 4.78 is 16.9. The Morgan fingerprint density at radius 3 is 2.81 bits per heavy atom. The van der Waals surface area contributed by atoms with Crippen LogP contribution >= 0.6 is 0 Å². The average Bonchev–Trinajstić information content (AvgIpc) is 2.29. The number of pyridine rings is 1. The molecule has 0 unspecified atom stereocenters. The Kier molecular flexibility index (Phi) is 4.38. The molecule has 0 aliphatic heterocycles. The molecule has 0 bridgehead atoms. The topological polar surface area (TPSA) is 68.3 Å². The van der Waals surface area contributed by atoms with E-state index in [-0.39, 0.29) is 18.7 Å². The molecule has 0 radical (unpaired) electrons. The minimum Gasteiger partial charge on any atom is -0.469 e. The highest BCUT2D eigenvalue weighted by Crippen LogP contribution is 1.97. The van der Waals surface area contributed by atoms with Crippen molar-refractivity contribution in [2.75, 3.05) is 13.7 Å². The van der Waals surface area contributed by atoms with Crippen LogP contribution in [0.3, 0.4) is 0 Å². The summed E-state index contributed by atoms with van der Waals surface area (Å²) in [6.45, 7) is 0.157. The van der Waals surface area contributed by atoms with Crippen LogP contribution in [0.1, 0.15) is 16.9 Å². The molecule has 0 atom stereocenters. The van der Waals surface area contributed by atoms with Crippen molar-refractivity contribution >= 4 is 11.9 Å². The lowest BCUT2D eigenvalue weighted by molar-refractivity contribution is -0.140. The summed E-state index contributed by atoms with van der Waals surface area (Å²) in [6.07, 6.45) is 1.04. The molecule has 86 valence electrons. The number of amides is 1. The molecule has 0 saturated carbocycles. The lowest BCUT2D eigenvalue weighted by Gasteiger charge is -2.03. The Morgan fingerprint density at radius 2 is 2.25 bits per heavy atom. The predicted molar refractivity (Wildman–Crippen MR) is 53.2 cm³/mol. The third kappa shape index (κ3) is 3.64. The first-order chi connectivity index (χ1) is 7.63. The van der Waals surface area contributed by atoms with Crippen LogP contribution in [0.25, 0.3) is 0 Å². The fraction of sp³-hybridized carbons (Fsp3) is 0.300. The second-order valence-electron chi connectivity index (χ2n) is 2.94. The predicted octanol–water partition coefficient (Wildman–Crippen LogP) is 0.514. The maximum atomic E-state index is 12.5. The van der Waals surface area contributed by atoms with E-state index in [4.69, 9.17) is 0 Å². The van der Waals surface area contributed by atoms with Gasteiger partial charge in [-0.3, -0.25) is 9.59 Å². The summed E-state index contributed by atoms with van der Waals surface area (Å²) in [7, 11) is 1.27. The Labute approximate surface area is 91.6 Å². The molecule has 0 aliphatic carbocycles. The number of esters is 1. The van der Waals surface area contributed by atoms with Crippen molar-refractivity contribution in [2.24, 2.45) is 0 Å². The summed E-state index contributed by atoms with van der Waals surface area (Å²) in [5.41, 5.74) is 0.103. The number of aromatic nitrogens is 1. The van der Waals surface area contributed by atoms with Gasteiger partial charge in [0.2, 0.25) is 0 Å². The molecule has 1 aromatic heterocycles. The van der Waals surface area contributed by atoms with Crippen LogP contribution in [0.4, 0.5) is 4.39 Å². The maximum absolute atomic E-state index is 12.5. The molecule has 0 saturated heterocycles. The molecule has 6 heteroatoms. The first kappa shape index (κ1) is 12.1. The van der Waals surface area contributed by atoms with Crippen molar-refractivity contribution in [1.29, 1.82) is 0 Å². The number of hydrogen-bond acceptors (Lipinski definition) is 4. The number of carbonyl (C=O) groups is 2. The molecular formula is C10H11FN2O3. The number of rotatable bonds is 4. The smallest absolute Gasteiger partial charge is 0.307 e. The van der Waals surface area contributed by atoms with E-state index in [2.05, 4.69) is 15.0 Å². The van der Waals surface area contributed by atoms with Crippen molar-refractivity contribution in [1.82, 2.24) is 10.3 Å². The second-order valence-corrected chi connectivity index (χ2v) is 2.94. The van der Waals surface area contributed by atoms with Crippen molar-refractivity contribution in [2.45, 2.75) is 6.42 Å². The molecule has 0 spiro atoms. The molecule has 5 nitrogen and oxygen atoms in total. The second kappa shape index (κ2) is 5.79. The molecule has 1 rings (SSSR count). The Morgan fingerprint density at radius 1 is 1.50 bits per heavy atom. The van der Waals surface area contributed by atoms with Crippen LogP contribution in [0, 0.1) is 5.82 Å². The van der Waals surface area contributed by atoms with Crippen LogP contribution in [0.2, 0.25) is 0 Å². The van der Waals surface area contributed by atoms with Crippen molar-refractivity contribution < 1.29 is 18.7 Å². The number of nitrogens with zero attached hydrogens (tertiary/aromatic N) is 1. The average molecular weight is 226 g/mol. The Balaban J connectivity index is 2.41. The monoisotopic (exact) mass is 226 g/mol. The minimum atomic E-state index is -0.508. The number of methoxy groups -OCH3 is 1. The summed E-state index contributed by atoms with van der Waals surface area (Å²) >= 11 is 0. The standard InChI is InChI=1S/C10H11FN2O3/c1-16-9(14)4-5-12-10(15)8-3-2-7(11)6-13-8/h2-3,6H,4-5H2,1H3,(H,12,15). The van der Waals surface area contributed by atoms with Gasteiger partial charge in [-0.25, -0.2) is 9.37 Å². The Bertz CT molecular complexity index is 378. The van der Waals surface area contributed by atoms with E-state index in [1.807, 2.05) is 0 Å². The molecule has 1 N–H and O–H groups in total. The molecule has 16 heavy (non-hydrogen) atoms. The van der Waals surface area contributed by atoms with Crippen LogP contribution in [-0.4, -0.2) is 30.5 Å². The van der Waals surface area contributed by atoms with Gasteiger partial charge in [0.1, 0.15) is 11.5 Å². The van der Waals surface area contributed by atoms with Crippen molar-refractivity contribution in [3.8, 4) is 0 Å². The van der Waals surface area contributed by atoms with E-state index in [1.54, 1.807) is 0 Å². The van der Waals surface area contributed by atoms with Crippen LogP contribution < -0.4 is 5.32 Å². The van der Waals surface area contributed by atoms with Crippen molar-refractivity contribution in [3.05, 3.63) is 29.8 Å². The molecule has 1 heterocycles. The number of nitrogens with one attached hydrogen (secondary N) is 1. The van der Waals surface area contributed by atoms with E-state index in [0.717, 1.165) is 12.3 Å². The zero-order chi connectivity index (χ0) is 12.0. The molecule has 1 aromatic rings. The lowest BCUT2D eigenvalue weighted by atomic mass is 10.3. The van der Waals surface area contributed by atoms with E-state index < -0.39 is 17.7 Å². The van der Waals surface area contributed by atoms with Gasteiger partial charge < -0.3 is 10.1 Å². The SMILES string of the molecule is COC(=O)CCNC(=O)c1ccc(F)cn1. The van der Waals surface area contributed by atoms with Gasteiger partial charge in [-0.2, -0.15) is 0 Å². The summed E-state index contributed by atoms with van der Waals surface area (Å²) in [4.78, 5) is 25.7. The van der Waals surface area contributed by atoms with E-state index in [9.17, 15) is 14.0 Å². The summed E-state index contributed by atoms with van der Waals surface area (Å²) in [5.74, 6) is -1.37. The minimum absolute atomic E-state index is 0.0867. The van der Waals surface area contributed by atoms with Gasteiger partial charge in [-0.05, 0) is 12.1 Å². The molecule has 0 aliphatic rings. The zero-order valence-corrected chi connectivity index (χ0v) is 8.70. The van der Waals surface area contributed by atoms with Crippen molar-refractivity contribution in [3.63, 3.8) is 0 Å². The summed E-state index contributed by atoms with van der Waals surface area (Å²) in [5, 5.41) is 2.46. The molecular weight excluding hydrogens is 215 g/mol. The highest BCUT2D eigenvalue weighted by molar-refractivity contribution is 5.92. The number of ether oxygens (including phenoxy) is 1. The fourth-order valence-corrected chi connectivity index (χ4v) is 0.981. The van der Waals surface area contributed by atoms with Crippen LogP contribution in [0.15, 0.2) is 18.3 Å². The lowest BCUT2D eigenvalue weighted by Crippen LogP contribution is -2.27. The quantitative estimate of drug-likeness (QED) is 0.760. The Hall–Kier alpha value is -1.98. The highest BCUT2D eigenvalue weighted by atomic mass is 19.1. The molecule has 0 fully saturated rings. The van der Waals surface area contributed by atoms with Crippen LogP contribution in [0.5, 0.6) is 0 Å². The van der Waals surface area contributed by atoms with E-state index in [0.29, 0.717) is 0 Å². The van der Waals surface area contributed by atoms with Gasteiger partial charge in [0, 0.05) is 6.54 Å². The number of halogens is 1. The van der Waals surface area contributed by atoms with E-state index >= 15 is 0 Å².